The minimum Gasteiger partial charge on any atom is -0.497 e. The van der Waals surface area contributed by atoms with Crippen LogP contribution in [-0.2, 0) is 0 Å². The van der Waals surface area contributed by atoms with Crippen LogP contribution in [-0.4, -0.2) is 26.2 Å². The van der Waals surface area contributed by atoms with Gasteiger partial charge in [0.05, 0.1) is 37.3 Å². The molecule has 1 unspecified atom stereocenters. The monoisotopic (exact) mass is 563 g/mol. The summed E-state index contributed by atoms with van der Waals surface area (Å²) in [7, 11) is 1.58. The molecule has 0 bridgehead atoms. The van der Waals surface area contributed by atoms with E-state index in [0.717, 1.165) is 10.9 Å². The van der Waals surface area contributed by atoms with Crippen LogP contribution in [0.3, 0.4) is 0 Å². The third-order valence-corrected chi connectivity index (χ3v) is 6.72. The van der Waals surface area contributed by atoms with Crippen molar-refractivity contribution >= 4 is 38.5 Å². The number of carbonyl (C=O) groups excluding carboxylic acids is 1. The molecule has 7 nitrogen and oxygen atoms in total. The second-order valence-corrected chi connectivity index (χ2v) is 9.49. The Morgan fingerprint density at radius 1 is 0.946 bits per heavy atom. The van der Waals surface area contributed by atoms with Gasteiger partial charge in [0, 0.05) is 10.2 Å². The van der Waals surface area contributed by atoms with Gasteiger partial charge in [0.15, 0.2) is 16.9 Å². The third kappa shape index (κ3) is 4.46. The molecule has 0 saturated carbocycles. The second-order valence-electron chi connectivity index (χ2n) is 8.58. The number of fused-ring (bicyclic) bond motifs is 2. The highest BCUT2D eigenvalue weighted by Crippen LogP contribution is 2.43. The maximum absolute atomic E-state index is 13.9. The normalized spacial score (nSPS) is 14.6. The molecule has 1 atom stereocenters. The van der Waals surface area contributed by atoms with Gasteiger partial charge in [-0.1, -0.05) is 28.9 Å². The Kier molecular flexibility index (Phi) is 6.93. The van der Waals surface area contributed by atoms with E-state index >= 15 is 0 Å². The number of rotatable bonds is 8. The van der Waals surface area contributed by atoms with Crippen molar-refractivity contribution in [2.45, 2.75) is 26.3 Å². The first kappa shape index (κ1) is 24.9. The van der Waals surface area contributed by atoms with E-state index in [1.807, 2.05) is 32.0 Å². The zero-order chi connectivity index (χ0) is 26.1. The Morgan fingerprint density at radius 2 is 1.73 bits per heavy atom. The van der Waals surface area contributed by atoms with Crippen molar-refractivity contribution in [2.24, 2.45) is 0 Å². The molecule has 37 heavy (non-hydrogen) atoms. The number of hydrogen-bond acceptors (Lipinski definition) is 6. The van der Waals surface area contributed by atoms with E-state index in [1.54, 1.807) is 54.5 Å². The van der Waals surface area contributed by atoms with E-state index in [9.17, 15) is 9.59 Å². The molecule has 0 N–H and O–H groups in total. The van der Waals surface area contributed by atoms with Crippen molar-refractivity contribution in [3.63, 3.8) is 0 Å². The summed E-state index contributed by atoms with van der Waals surface area (Å²) in [5.74, 6) is 1.46. The summed E-state index contributed by atoms with van der Waals surface area (Å²) in [5.41, 5.74) is 1.70. The lowest BCUT2D eigenvalue weighted by molar-refractivity contribution is 0.0971. The van der Waals surface area contributed by atoms with Crippen LogP contribution >= 0.6 is 15.9 Å². The first-order valence-electron chi connectivity index (χ1n) is 12.1. The molecule has 1 amide bonds. The first-order chi connectivity index (χ1) is 18.0. The van der Waals surface area contributed by atoms with E-state index < -0.39 is 11.9 Å². The second kappa shape index (κ2) is 10.3. The van der Waals surface area contributed by atoms with E-state index in [0.29, 0.717) is 52.7 Å². The Bertz CT molecular complexity index is 1530. The van der Waals surface area contributed by atoms with Gasteiger partial charge in [-0.05, 0) is 73.5 Å². The fourth-order valence-electron chi connectivity index (χ4n) is 4.56. The lowest BCUT2D eigenvalue weighted by Gasteiger charge is -2.26. The lowest BCUT2D eigenvalue weighted by Crippen LogP contribution is -2.29. The topological polar surface area (TPSA) is 78.2 Å². The van der Waals surface area contributed by atoms with Crippen molar-refractivity contribution in [3.8, 4) is 17.2 Å². The number of methoxy groups -OCH3 is 1. The highest BCUT2D eigenvalue weighted by atomic mass is 79.9. The molecule has 5 rings (SSSR count). The zero-order valence-electron chi connectivity index (χ0n) is 20.7. The maximum atomic E-state index is 13.9. The van der Waals surface area contributed by atoms with Crippen molar-refractivity contribution in [1.29, 1.82) is 0 Å². The highest BCUT2D eigenvalue weighted by Gasteiger charge is 2.44. The summed E-state index contributed by atoms with van der Waals surface area (Å²) >= 11 is 3.44. The van der Waals surface area contributed by atoms with Gasteiger partial charge in [-0.15, -0.1) is 0 Å². The summed E-state index contributed by atoms with van der Waals surface area (Å²) in [4.78, 5) is 29.3. The molecule has 1 aliphatic rings. The van der Waals surface area contributed by atoms with Crippen molar-refractivity contribution in [2.75, 3.05) is 25.2 Å². The molecule has 190 valence electrons. The van der Waals surface area contributed by atoms with Crippen molar-refractivity contribution < 1.29 is 23.4 Å². The van der Waals surface area contributed by atoms with Crippen LogP contribution < -0.4 is 24.5 Å². The average molecular weight is 564 g/mol. The minimum atomic E-state index is -0.727. The molecular weight excluding hydrogens is 538 g/mol. The summed E-state index contributed by atoms with van der Waals surface area (Å²) in [6.45, 7) is 4.92. The molecule has 2 heterocycles. The van der Waals surface area contributed by atoms with Gasteiger partial charge in [0.2, 0.25) is 5.76 Å². The van der Waals surface area contributed by atoms with E-state index in [4.69, 9.17) is 18.6 Å². The summed E-state index contributed by atoms with van der Waals surface area (Å²) < 4.78 is 23.9. The number of amides is 1. The molecule has 0 radical (unpaired) electrons. The van der Waals surface area contributed by atoms with Crippen molar-refractivity contribution in [1.82, 2.24) is 0 Å². The molecule has 0 aliphatic carbocycles. The molecule has 0 spiro atoms. The lowest BCUT2D eigenvalue weighted by atomic mass is 9.97. The van der Waals surface area contributed by atoms with Gasteiger partial charge in [-0.2, -0.15) is 0 Å². The van der Waals surface area contributed by atoms with Crippen molar-refractivity contribution in [3.05, 3.63) is 92.2 Å². The van der Waals surface area contributed by atoms with Crippen LogP contribution in [0.1, 0.15) is 48.0 Å². The number of anilines is 1. The average Bonchev–Trinajstić information content (AvgIpc) is 3.21. The SMILES string of the molecule is CCCOc1ccc(C2c3c(oc4ccc(Br)cc4c3=O)C(=O)N2c2ccc(OC)cc2)cc1OCC. The molecule has 0 fully saturated rings. The number of hydrogen-bond donors (Lipinski definition) is 0. The number of benzene rings is 3. The summed E-state index contributed by atoms with van der Waals surface area (Å²) in [6, 6.07) is 17.1. The van der Waals surface area contributed by atoms with Crippen LogP contribution in [0.4, 0.5) is 5.69 Å². The predicted octanol–water partition coefficient (Wildman–Crippen LogP) is 6.50. The van der Waals surface area contributed by atoms with Gasteiger partial charge in [0.1, 0.15) is 11.3 Å². The number of carbonyl (C=O) groups is 1. The molecule has 1 aliphatic heterocycles. The number of halogens is 1. The predicted molar refractivity (Wildman–Crippen MR) is 145 cm³/mol. The molecule has 0 saturated heterocycles. The first-order valence-corrected chi connectivity index (χ1v) is 12.9. The van der Waals surface area contributed by atoms with Crippen LogP contribution in [0.15, 0.2) is 74.3 Å². The van der Waals surface area contributed by atoms with Crippen LogP contribution in [0.25, 0.3) is 11.0 Å². The summed E-state index contributed by atoms with van der Waals surface area (Å²) in [6.07, 6.45) is 0.854. The summed E-state index contributed by atoms with van der Waals surface area (Å²) in [5, 5.41) is 0.399. The van der Waals surface area contributed by atoms with Gasteiger partial charge in [-0.25, -0.2) is 0 Å². The molecule has 3 aromatic carbocycles. The van der Waals surface area contributed by atoms with Crippen LogP contribution in [0, 0.1) is 0 Å². The third-order valence-electron chi connectivity index (χ3n) is 6.23. The van der Waals surface area contributed by atoms with E-state index in [-0.39, 0.29) is 16.8 Å². The van der Waals surface area contributed by atoms with Crippen LogP contribution in [0.2, 0.25) is 0 Å². The Morgan fingerprint density at radius 3 is 2.43 bits per heavy atom. The van der Waals surface area contributed by atoms with Gasteiger partial charge >= 0.3 is 0 Å². The number of nitrogens with zero attached hydrogens (tertiary/aromatic N) is 1. The van der Waals surface area contributed by atoms with E-state index in [2.05, 4.69) is 15.9 Å². The Hall–Kier alpha value is -3.78. The van der Waals surface area contributed by atoms with Gasteiger partial charge < -0.3 is 18.6 Å². The molecular formula is C29H26BrNO6. The van der Waals surface area contributed by atoms with E-state index in [1.165, 1.54) is 0 Å². The maximum Gasteiger partial charge on any atom is 0.295 e. The zero-order valence-corrected chi connectivity index (χ0v) is 22.3. The fourth-order valence-corrected chi connectivity index (χ4v) is 4.93. The highest BCUT2D eigenvalue weighted by molar-refractivity contribution is 9.10. The number of ether oxygens (including phenoxy) is 3. The van der Waals surface area contributed by atoms with Crippen LogP contribution in [0.5, 0.6) is 17.2 Å². The quantitative estimate of drug-likeness (QED) is 0.243. The Labute approximate surface area is 222 Å². The Balaban J connectivity index is 1.74. The largest absolute Gasteiger partial charge is 0.497 e. The molecule has 8 heteroatoms. The van der Waals surface area contributed by atoms with Gasteiger partial charge in [-0.3, -0.25) is 14.5 Å². The smallest absolute Gasteiger partial charge is 0.295 e. The molecule has 4 aromatic rings. The fraction of sp³-hybridized carbons (Fsp3) is 0.241. The standard InChI is InChI=1S/C29H26BrNO6/c1-4-14-36-23-12-6-17(15-24(23)35-5-2)26-25-27(32)21-16-18(30)7-13-22(21)37-28(25)29(33)31(26)19-8-10-20(34-3)11-9-19/h6-13,15-16,26H,4-5,14H2,1-3H3. The molecule has 1 aromatic heterocycles. The minimum absolute atomic E-state index is 0.0323. The van der Waals surface area contributed by atoms with Gasteiger partial charge in [0.25, 0.3) is 5.91 Å².